The molecule has 0 amide bonds. The zero-order valence-electron chi connectivity index (χ0n) is 11.8. The summed E-state index contributed by atoms with van der Waals surface area (Å²) in [5.41, 5.74) is -0.702. The molecule has 0 aliphatic heterocycles. The summed E-state index contributed by atoms with van der Waals surface area (Å²) >= 11 is 0. The van der Waals surface area contributed by atoms with Crippen molar-refractivity contribution >= 4 is 16.0 Å². The highest BCUT2D eigenvalue weighted by Gasteiger charge is 2.26. The Hall–Kier alpha value is -1.47. The van der Waals surface area contributed by atoms with Crippen LogP contribution < -0.4 is 4.72 Å². The smallest absolute Gasteiger partial charge is 0.324 e. The molecule has 0 aliphatic carbocycles. The second kappa shape index (κ2) is 5.88. The van der Waals surface area contributed by atoms with E-state index in [4.69, 9.17) is 4.74 Å². The van der Waals surface area contributed by atoms with Crippen LogP contribution in [0.5, 0.6) is 0 Å². The lowest BCUT2D eigenvalue weighted by Gasteiger charge is -2.22. The van der Waals surface area contributed by atoms with Gasteiger partial charge in [-0.1, -0.05) is 0 Å². The molecular weight excluding hydrogens is 285 g/mol. The van der Waals surface area contributed by atoms with Gasteiger partial charge in [-0.25, -0.2) is 12.8 Å². The van der Waals surface area contributed by atoms with E-state index in [2.05, 4.69) is 4.72 Å². The van der Waals surface area contributed by atoms with Crippen LogP contribution in [-0.2, 0) is 19.6 Å². The Morgan fingerprint density at radius 1 is 1.25 bits per heavy atom. The summed E-state index contributed by atoms with van der Waals surface area (Å²) in [6.07, 6.45) is 0. The van der Waals surface area contributed by atoms with E-state index in [0.717, 1.165) is 24.3 Å². The number of hydrogen-bond donors (Lipinski definition) is 1. The van der Waals surface area contributed by atoms with Gasteiger partial charge in [0.1, 0.15) is 17.5 Å². The van der Waals surface area contributed by atoms with Crippen LogP contribution in [0.1, 0.15) is 27.7 Å². The van der Waals surface area contributed by atoms with Gasteiger partial charge in [0.15, 0.2) is 0 Å². The summed E-state index contributed by atoms with van der Waals surface area (Å²) in [6, 6.07) is 3.28. The van der Waals surface area contributed by atoms with Crippen molar-refractivity contribution in [3.05, 3.63) is 30.1 Å². The van der Waals surface area contributed by atoms with Crippen molar-refractivity contribution in [1.82, 2.24) is 4.72 Å². The van der Waals surface area contributed by atoms with Crippen molar-refractivity contribution in [3.63, 3.8) is 0 Å². The summed E-state index contributed by atoms with van der Waals surface area (Å²) in [4.78, 5) is 11.6. The van der Waals surface area contributed by atoms with Gasteiger partial charge < -0.3 is 4.74 Å². The van der Waals surface area contributed by atoms with E-state index in [-0.39, 0.29) is 4.90 Å². The third-order valence-electron chi connectivity index (χ3n) is 2.22. The molecule has 0 aromatic heterocycles. The Balaban J connectivity index is 2.81. The van der Waals surface area contributed by atoms with Gasteiger partial charge >= 0.3 is 5.97 Å². The Bertz CT molecular complexity index is 575. The zero-order chi connectivity index (χ0) is 15.6. The van der Waals surface area contributed by atoms with E-state index in [1.807, 2.05) is 0 Å². The molecule has 20 heavy (non-hydrogen) atoms. The number of rotatable bonds is 4. The molecule has 5 nitrogen and oxygen atoms in total. The zero-order valence-corrected chi connectivity index (χ0v) is 12.6. The molecule has 0 bridgehead atoms. The monoisotopic (exact) mass is 303 g/mol. The number of hydrogen-bond acceptors (Lipinski definition) is 4. The first-order chi connectivity index (χ1) is 9.01. The first-order valence-electron chi connectivity index (χ1n) is 6.02. The molecule has 0 heterocycles. The highest BCUT2D eigenvalue weighted by Crippen LogP contribution is 2.12. The Kier molecular flexibility index (Phi) is 4.88. The number of benzene rings is 1. The van der Waals surface area contributed by atoms with Gasteiger partial charge in [-0.05, 0) is 52.0 Å². The quantitative estimate of drug-likeness (QED) is 0.861. The summed E-state index contributed by atoms with van der Waals surface area (Å²) in [6.45, 7) is 6.44. The molecule has 0 radical (unpaired) electrons. The van der Waals surface area contributed by atoms with Gasteiger partial charge in [0.25, 0.3) is 0 Å². The molecule has 1 aromatic carbocycles. The van der Waals surface area contributed by atoms with Gasteiger partial charge in [0.05, 0.1) is 4.90 Å². The maximum Gasteiger partial charge on any atom is 0.324 e. The van der Waals surface area contributed by atoms with Crippen LogP contribution in [0, 0.1) is 5.82 Å². The first-order valence-corrected chi connectivity index (χ1v) is 7.50. The maximum absolute atomic E-state index is 12.8. The largest absolute Gasteiger partial charge is 0.459 e. The van der Waals surface area contributed by atoms with E-state index >= 15 is 0 Å². The summed E-state index contributed by atoms with van der Waals surface area (Å²) < 4.78 is 44.0. The summed E-state index contributed by atoms with van der Waals surface area (Å²) in [5.74, 6) is -1.22. The fourth-order valence-corrected chi connectivity index (χ4v) is 2.54. The van der Waals surface area contributed by atoms with Crippen LogP contribution in [0.3, 0.4) is 0 Å². The second-order valence-electron chi connectivity index (χ2n) is 5.33. The molecule has 0 saturated carbocycles. The Labute approximate surface area is 118 Å². The Morgan fingerprint density at radius 2 is 1.75 bits per heavy atom. The van der Waals surface area contributed by atoms with E-state index in [1.54, 1.807) is 20.8 Å². The molecule has 112 valence electrons. The van der Waals surface area contributed by atoms with Gasteiger partial charge in [0.2, 0.25) is 10.0 Å². The van der Waals surface area contributed by atoms with Crippen molar-refractivity contribution in [2.45, 2.75) is 44.2 Å². The fourth-order valence-electron chi connectivity index (χ4n) is 1.35. The predicted molar refractivity (Wildman–Crippen MR) is 72.0 cm³/mol. The molecule has 7 heteroatoms. The summed E-state index contributed by atoms with van der Waals surface area (Å²) in [7, 11) is -3.89. The lowest BCUT2D eigenvalue weighted by Crippen LogP contribution is -2.42. The number of sulfonamides is 1. The van der Waals surface area contributed by atoms with Gasteiger partial charge in [-0.15, -0.1) is 0 Å². The lowest BCUT2D eigenvalue weighted by atomic mass is 10.2. The number of halogens is 1. The minimum atomic E-state index is -3.89. The van der Waals surface area contributed by atoms with E-state index < -0.39 is 33.5 Å². The van der Waals surface area contributed by atoms with Gasteiger partial charge in [-0.2, -0.15) is 4.72 Å². The Morgan fingerprint density at radius 3 is 2.20 bits per heavy atom. The van der Waals surface area contributed by atoms with Gasteiger partial charge in [-0.3, -0.25) is 4.79 Å². The van der Waals surface area contributed by atoms with Crippen molar-refractivity contribution < 1.29 is 22.3 Å². The SMILES string of the molecule is C[C@@H](NS(=O)(=O)c1ccc(F)cc1)C(=O)OC(C)(C)C. The number of esters is 1. The normalized spacial score (nSPS) is 13.8. The molecule has 1 N–H and O–H groups in total. The van der Waals surface area contributed by atoms with Crippen molar-refractivity contribution in [2.24, 2.45) is 0 Å². The van der Waals surface area contributed by atoms with Crippen molar-refractivity contribution in [3.8, 4) is 0 Å². The topological polar surface area (TPSA) is 72.5 Å². The highest BCUT2D eigenvalue weighted by atomic mass is 32.2. The predicted octanol–water partition coefficient (Wildman–Crippen LogP) is 1.83. The van der Waals surface area contributed by atoms with Gasteiger partial charge in [0, 0.05) is 0 Å². The van der Waals surface area contributed by atoms with Crippen LogP contribution in [-0.4, -0.2) is 26.0 Å². The minimum Gasteiger partial charge on any atom is -0.459 e. The third kappa shape index (κ3) is 4.90. The van der Waals surface area contributed by atoms with Crippen molar-refractivity contribution in [1.29, 1.82) is 0 Å². The first kappa shape index (κ1) is 16.6. The average molecular weight is 303 g/mol. The average Bonchev–Trinajstić information content (AvgIpc) is 2.26. The van der Waals surface area contributed by atoms with E-state index in [1.165, 1.54) is 6.92 Å². The van der Waals surface area contributed by atoms with Crippen LogP contribution in [0.25, 0.3) is 0 Å². The molecule has 1 aromatic rings. The molecule has 0 spiro atoms. The summed E-state index contributed by atoms with van der Waals surface area (Å²) in [5, 5.41) is 0. The number of nitrogens with one attached hydrogen (secondary N) is 1. The molecule has 0 aliphatic rings. The highest BCUT2D eigenvalue weighted by molar-refractivity contribution is 7.89. The van der Waals surface area contributed by atoms with Crippen molar-refractivity contribution in [2.75, 3.05) is 0 Å². The van der Waals surface area contributed by atoms with E-state index in [9.17, 15) is 17.6 Å². The molecule has 0 unspecified atom stereocenters. The van der Waals surface area contributed by atoms with Crippen LogP contribution >= 0.6 is 0 Å². The minimum absolute atomic E-state index is 0.116. The standard InChI is InChI=1S/C13H18FNO4S/c1-9(12(16)19-13(2,3)4)15-20(17,18)11-7-5-10(14)6-8-11/h5-9,15H,1-4H3/t9-/m1/s1. The molecule has 1 atom stereocenters. The maximum atomic E-state index is 12.8. The lowest BCUT2D eigenvalue weighted by molar-refractivity contribution is -0.156. The van der Waals surface area contributed by atoms with Crippen LogP contribution in [0.4, 0.5) is 4.39 Å². The molecular formula is C13H18FNO4S. The number of carbonyl (C=O) groups excluding carboxylic acids is 1. The van der Waals surface area contributed by atoms with Crippen LogP contribution in [0.2, 0.25) is 0 Å². The van der Waals surface area contributed by atoms with Crippen LogP contribution in [0.15, 0.2) is 29.2 Å². The fraction of sp³-hybridized carbons (Fsp3) is 0.462. The molecule has 0 saturated heterocycles. The second-order valence-corrected chi connectivity index (χ2v) is 7.04. The van der Waals surface area contributed by atoms with E-state index in [0.29, 0.717) is 0 Å². The molecule has 0 fully saturated rings. The third-order valence-corrected chi connectivity index (χ3v) is 3.77. The number of ether oxygens (including phenoxy) is 1. The number of carbonyl (C=O) groups is 1. The molecule has 1 rings (SSSR count).